The topological polar surface area (TPSA) is 62.9 Å². The number of nitrogens with zero attached hydrogens (tertiary/aromatic N) is 2. The van der Waals surface area contributed by atoms with Gasteiger partial charge in [0.25, 0.3) is 0 Å². The van der Waals surface area contributed by atoms with Crippen LogP contribution in [0.3, 0.4) is 0 Å². The highest BCUT2D eigenvalue weighted by Crippen LogP contribution is 2.30. The fraction of sp³-hybridized carbons (Fsp3) is 0.125. The van der Waals surface area contributed by atoms with Gasteiger partial charge in [-0.25, -0.2) is 0 Å². The highest BCUT2D eigenvalue weighted by Gasteiger charge is 2.24. The molecule has 4 nitrogen and oxygen atoms in total. The molecule has 0 aliphatic carbocycles. The number of aromatic nitrogens is 1. The summed E-state index contributed by atoms with van der Waals surface area (Å²) in [5.74, 6) is -0.297. The number of ketones is 2. The third-order valence-electron chi connectivity index (χ3n) is 4.74. The zero-order valence-electron chi connectivity index (χ0n) is 15.9. The summed E-state index contributed by atoms with van der Waals surface area (Å²) in [5.41, 5.74) is 2.67. The van der Waals surface area contributed by atoms with Crippen molar-refractivity contribution in [2.75, 3.05) is 0 Å². The maximum Gasteiger partial charge on any atom is 0.168 e. The Morgan fingerprint density at radius 3 is 2.38 bits per heavy atom. The molecule has 0 aliphatic heterocycles. The first kappa shape index (κ1) is 20.3. The minimum absolute atomic E-state index is 0.102. The number of carbonyl (C=O) groups excluding carboxylic acids is 2. The van der Waals surface area contributed by atoms with E-state index in [0.29, 0.717) is 16.2 Å². The van der Waals surface area contributed by atoms with E-state index in [2.05, 4.69) is 12.6 Å². The molecule has 0 saturated heterocycles. The van der Waals surface area contributed by atoms with Crippen molar-refractivity contribution >= 4 is 23.2 Å². The molecule has 0 amide bonds. The molecular formula is C24H19ClN2O2. The Labute approximate surface area is 174 Å². The maximum absolute atomic E-state index is 12.8. The van der Waals surface area contributed by atoms with Gasteiger partial charge in [0, 0.05) is 28.8 Å². The molecule has 0 radical (unpaired) electrons. The largest absolute Gasteiger partial charge is 0.327 e. The van der Waals surface area contributed by atoms with Crippen LogP contribution in [0.1, 0.15) is 40.1 Å². The van der Waals surface area contributed by atoms with Gasteiger partial charge < -0.3 is 4.57 Å². The third-order valence-corrected chi connectivity index (χ3v) is 4.99. The van der Waals surface area contributed by atoms with Crippen LogP contribution in [-0.4, -0.2) is 16.1 Å². The monoisotopic (exact) mass is 402 g/mol. The average molecular weight is 403 g/mol. The van der Waals surface area contributed by atoms with Crippen LogP contribution < -0.4 is 0 Å². The van der Waals surface area contributed by atoms with Gasteiger partial charge in [-0.2, -0.15) is 5.26 Å². The fourth-order valence-corrected chi connectivity index (χ4v) is 3.31. The summed E-state index contributed by atoms with van der Waals surface area (Å²) in [5, 5.41) is 10.2. The first-order valence-electron chi connectivity index (χ1n) is 9.05. The van der Waals surface area contributed by atoms with Gasteiger partial charge in [0.1, 0.15) is 11.8 Å². The van der Waals surface area contributed by atoms with E-state index in [-0.39, 0.29) is 23.7 Å². The van der Waals surface area contributed by atoms with E-state index in [0.717, 1.165) is 11.1 Å². The van der Waals surface area contributed by atoms with Crippen molar-refractivity contribution in [3.8, 4) is 6.07 Å². The van der Waals surface area contributed by atoms with Gasteiger partial charge in [0.05, 0.1) is 6.04 Å². The van der Waals surface area contributed by atoms with Crippen LogP contribution in [0, 0.1) is 11.3 Å². The van der Waals surface area contributed by atoms with Crippen LogP contribution in [0.2, 0.25) is 5.02 Å². The first-order chi connectivity index (χ1) is 13.9. The SMILES string of the molecule is C=C(C(C)=O)[C@@H](c1ccc(Cl)cc1)n1cc(C(=O)Cc2ccccc2)cc1C#N. The van der Waals surface area contributed by atoms with E-state index in [4.69, 9.17) is 11.6 Å². The van der Waals surface area contributed by atoms with Gasteiger partial charge in [0.2, 0.25) is 0 Å². The normalized spacial score (nSPS) is 11.5. The zero-order chi connectivity index (χ0) is 21.0. The number of rotatable bonds is 7. The van der Waals surface area contributed by atoms with E-state index >= 15 is 0 Å². The van der Waals surface area contributed by atoms with Gasteiger partial charge in [-0.15, -0.1) is 0 Å². The number of halogens is 1. The van der Waals surface area contributed by atoms with Gasteiger partial charge in [-0.3, -0.25) is 9.59 Å². The lowest BCUT2D eigenvalue weighted by Crippen LogP contribution is -2.17. The Balaban J connectivity index is 2.03. The number of hydrogen-bond acceptors (Lipinski definition) is 3. The summed E-state index contributed by atoms with van der Waals surface area (Å²) >= 11 is 5.99. The van der Waals surface area contributed by atoms with Crippen LogP contribution in [0.4, 0.5) is 0 Å². The summed E-state index contributed by atoms with van der Waals surface area (Å²) in [7, 11) is 0. The number of hydrogen-bond donors (Lipinski definition) is 0. The molecule has 1 aromatic heterocycles. The van der Waals surface area contributed by atoms with E-state index in [1.807, 2.05) is 30.3 Å². The van der Waals surface area contributed by atoms with Gasteiger partial charge in [-0.1, -0.05) is 60.6 Å². The molecular weight excluding hydrogens is 384 g/mol. The molecule has 0 N–H and O–H groups in total. The second kappa shape index (κ2) is 8.72. The molecule has 29 heavy (non-hydrogen) atoms. The molecule has 1 heterocycles. The molecule has 3 rings (SSSR count). The number of carbonyl (C=O) groups is 2. The van der Waals surface area contributed by atoms with Crippen molar-refractivity contribution in [1.82, 2.24) is 4.57 Å². The predicted octanol–water partition coefficient (Wildman–Crippen LogP) is 5.17. The van der Waals surface area contributed by atoms with Gasteiger partial charge in [-0.05, 0) is 36.2 Å². The molecule has 5 heteroatoms. The molecule has 0 saturated carbocycles. The Bertz CT molecular complexity index is 1110. The Hall–Kier alpha value is -3.42. The molecule has 0 spiro atoms. The molecule has 0 fully saturated rings. The summed E-state index contributed by atoms with van der Waals surface area (Å²) in [6.07, 6.45) is 1.85. The Kier molecular flexibility index (Phi) is 6.11. The maximum atomic E-state index is 12.8. The lowest BCUT2D eigenvalue weighted by molar-refractivity contribution is -0.113. The molecule has 0 unspecified atom stereocenters. The van der Waals surface area contributed by atoms with Crippen LogP contribution >= 0.6 is 11.6 Å². The second-order valence-electron chi connectivity index (χ2n) is 6.75. The van der Waals surface area contributed by atoms with Crippen molar-refractivity contribution in [3.05, 3.63) is 106 Å². The highest BCUT2D eigenvalue weighted by molar-refractivity contribution is 6.30. The lowest BCUT2D eigenvalue weighted by Gasteiger charge is -2.21. The van der Waals surface area contributed by atoms with Crippen LogP contribution in [0.15, 0.2) is 79.0 Å². The smallest absolute Gasteiger partial charge is 0.168 e. The molecule has 0 bridgehead atoms. The average Bonchev–Trinajstić information content (AvgIpc) is 3.14. The van der Waals surface area contributed by atoms with E-state index in [1.165, 1.54) is 6.92 Å². The predicted molar refractivity (Wildman–Crippen MR) is 113 cm³/mol. The van der Waals surface area contributed by atoms with Crippen LogP contribution in [0.25, 0.3) is 0 Å². The van der Waals surface area contributed by atoms with E-state index in [1.54, 1.807) is 41.1 Å². The number of allylic oxidation sites excluding steroid dienone is 1. The summed E-state index contributed by atoms with van der Waals surface area (Å²) in [6, 6.07) is 19.5. The van der Waals surface area contributed by atoms with Crippen molar-refractivity contribution < 1.29 is 9.59 Å². The standard InChI is InChI=1S/C24H19ClN2O2/c1-16(17(2)28)24(19-8-10-21(25)11-9-19)27-15-20(13-22(27)14-26)23(29)12-18-6-4-3-5-7-18/h3-11,13,15,24H,1,12H2,2H3/t24-/m0/s1. The summed E-state index contributed by atoms with van der Waals surface area (Å²) < 4.78 is 1.63. The van der Waals surface area contributed by atoms with Gasteiger partial charge in [0.15, 0.2) is 11.6 Å². The number of benzene rings is 2. The second-order valence-corrected chi connectivity index (χ2v) is 7.19. The zero-order valence-corrected chi connectivity index (χ0v) is 16.7. The molecule has 2 aromatic carbocycles. The van der Waals surface area contributed by atoms with Crippen LogP contribution in [-0.2, 0) is 11.2 Å². The molecule has 1 atom stereocenters. The quantitative estimate of drug-likeness (QED) is 0.404. The third kappa shape index (κ3) is 4.53. The van der Waals surface area contributed by atoms with E-state index < -0.39 is 6.04 Å². The minimum Gasteiger partial charge on any atom is -0.327 e. The number of nitriles is 1. The Morgan fingerprint density at radius 2 is 1.79 bits per heavy atom. The minimum atomic E-state index is -0.599. The van der Waals surface area contributed by atoms with Crippen molar-refractivity contribution in [3.63, 3.8) is 0 Å². The Morgan fingerprint density at radius 1 is 1.14 bits per heavy atom. The lowest BCUT2D eigenvalue weighted by atomic mass is 9.97. The van der Waals surface area contributed by atoms with Crippen molar-refractivity contribution in [1.29, 1.82) is 5.26 Å². The summed E-state index contributed by atoms with van der Waals surface area (Å²) in [6.45, 7) is 5.36. The molecule has 3 aromatic rings. The fourth-order valence-electron chi connectivity index (χ4n) is 3.19. The van der Waals surface area contributed by atoms with E-state index in [9.17, 15) is 14.9 Å². The summed E-state index contributed by atoms with van der Waals surface area (Å²) in [4.78, 5) is 24.9. The number of Topliss-reactive ketones (excluding diaryl/α,β-unsaturated/α-hetero) is 2. The van der Waals surface area contributed by atoms with Crippen molar-refractivity contribution in [2.45, 2.75) is 19.4 Å². The molecule has 0 aliphatic rings. The van der Waals surface area contributed by atoms with Crippen LogP contribution in [0.5, 0.6) is 0 Å². The van der Waals surface area contributed by atoms with Crippen molar-refractivity contribution in [2.24, 2.45) is 0 Å². The van der Waals surface area contributed by atoms with Gasteiger partial charge >= 0.3 is 0 Å². The first-order valence-corrected chi connectivity index (χ1v) is 9.42. The molecule has 144 valence electrons. The highest BCUT2D eigenvalue weighted by atomic mass is 35.5.